The number of carbonyl (C=O) groups excluding carboxylic acids is 1. The largest absolute Gasteiger partial charge is 0.394 e. The average molecular weight is 203 g/mol. The number of hydrogen-bond acceptors (Lipinski definition) is 4. The topological polar surface area (TPSA) is 78.8 Å². The Balaban J connectivity index is 2.22. The van der Waals surface area contributed by atoms with Crippen molar-refractivity contribution in [1.82, 2.24) is 5.32 Å². The van der Waals surface area contributed by atoms with Crippen LogP contribution in [-0.2, 0) is 9.53 Å². The second-order valence-corrected chi connectivity index (χ2v) is 3.59. The van der Waals surface area contributed by atoms with Gasteiger partial charge in [0, 0.05) is 6.54 Å². The van der Waals surface area contributed by atoms with Crippen LogP contribution >= 0.6 is 0 Å². The molecule has 1 amide bonds. The lowest BCUT2D eigenvalue weighted by Crippen LogP contribution is -2.40. The Labute approximate surface area is 83.1 Å². The average Bonchev–Trinajstić information content (AvgIpc) is 2.60. The highest BCUT2D eigenvalue weighted by Gasteiger charge is 2.27. The molecule has 5 heteroatoms. The summed E-state index contributed by atoms with van der Waals surface area (Å²) >= 11 is 0. The van der Waals surface area contributed by atoms with Crippen molar-refractivity contribution in [2.24, 2.45) is 0 Å². The smallest absolute Gasteiger partial charge is 0.249 e. The van der Waals surface area contributed by atoms with Crippen molar-refractivity contribution in [3.63, 3.8) is 0 Å². The SMILES string of the molecule is CC1CCC(C(=O)NCC(O)CO)O1. The predicted molar refractivity (Wildman–Crippen MR) is 49.7 cm³/mol. The van der Waals surface area contributed by atoms with Gasteiger partial charge >= 0.3 is 0 Å². The fraction of sp³-hybridized carbons (Fsp3) is 0.889. The Kier molecular flexibility index (Phi) is 4.31. The molecule has 0 saturated carbocycles. The number of carbonyl (C=O) groups is 1. The molecular formula is C9H17NO4. The van der Waals surface area contributed by atoms with E-state index in [0.29, 0.717) is 0 Å². The molecule has 1 rings (SSSR count). The highest BCUT2D eigenvalue weighted by Crippen LogP contribution is 2.18. The summed E-state index contributed by atoms with van der Waals surface area (Å²) in [6, 6.07) is 0. The Bertz CT molecular complexity index is 197. The summed E-state index contributed by atoms with van der Waals surface area (Å²) in [6.45, 7) is 1.65. The number of amides is 1. The molecule has 3 unspecified atom stereocenters. The standard InChI is InChI=1S/C9H17NO4/c1-6-2-3-8(14-6)9(13)10-4-7(12)5-11/h6-8,11-12H,2-5H2,1H3,(H,10,13). The highest BCUT2D eigenvalue weighted by molar-refractivity contribution is 5.81. The van der Waals surface area contributed by atoms with Crippen LogP contribution in [0.5, 0.6) is 0 Å². The molecule has 0 spiro atoms. The lowest BCUT2D eigenvalue weighted by Gasteiger charge is -2.13. The van der Waals surface area contributed by atoms with E-state index in [1.807, 2.05) is 6.92 Å². The summed E-state index contributed by atoms with van der Waals surface area (Å²) in [7, 11) is 0. The summed E-state index contributed by atoms with van der Waals surface area (Å²) in [5, 5.41) is 20.0. The summed E-state index contributed by atoms with van der Waals surface area (Å²) in [5.74, 6) is -0.207. The molecule has 1 saturated heterocycles. The first-order valence-corrected chi connectivity index (χ1v) is 4.85. The molecule has 0 aromatic carbocycles. The molecule has 3 atom stereocenters. The van der Waals surface area contributed by atoms with Gasteiger partial charge in [0.2, 0.25) is 5.91 Å². The summed E-state index contributed by atoms with van der Waals surface area (Å²) in [6.07, 6.45) is 0.463. The van der Waals surface area contributed by atoms with Gasteiger partial charge in [-0.2, -0.15) is 0 Å². The van der Waals surface area contributed by atoms with E-state index < -0.39 is 12.2 Å². The van der Waals surface area contributed by atoms with Crippen LogP contribution in [0.4, 0.5) is 0 Å². The molecule has 1 aliphatic rings. The molecule has 82 valence electrons. The third-order valence-corrected chi connectivity index (χ3v) is 2.25. The van der Waals surface area contributed by atoms with Crippen molar-refractivity contribution in [2.75, 3.05) is 13.2 Å². The van der Waals surface area contributed by atoms with Crippen molar-refractivity contribution < 1.29 is 19.7 Å². The van der Waals surface area contributed by atoms with Gasteiger partial charge in [-0.15, -0.1) is 0 Å². The van der Waals surface area contributed by atoms with E-state index in [-0.39, 0.29) is 25.2 Å². The van der Waals surface area contributed by atoms with Crippen LogP contribution in [-0.4, -0.2) is 47.6 Å². The molecule has 5 nitrogen and oxygen atoms in total. The molecular weight excluding hydrogens is 186 g/mol. The van der Waals surface area contributed by atoms with E-state index in [0.717, 1.165) is 12.8 Å². The van der Waals surface area contributed by atoms with Crippen molar-refractivity contribution in [3.8, 4) is 0 Å². The first kappa shape index (κ1) is 11.4. The second kappa shape index (κ2) is 5.29. The van der Waals surface area contributed by atoms with Crippen LogP contribution < -0.4 is 5.32 Å². The molecule has 0 aromatic rings. The number of nitrogens with one attached hydrogen (secondary N) is 1. The monoisotopic (exact) mass is 203 g/mol. The molecule has 1 aliphatic heterocycles. The van der Waals surface area contributed by atoms with Crippen molar-refractivity contribution in [3.05, 3.63) is 0 Å². The zero-order valence-electron chi connectivity index (χ0n) is 8.27. The third-order valence-electron chi connectivity index (χ3n) is 2.25. The fourth-order valence-corrected chi connectivity index (χ4v) is 1.39. The molecule has 1 fully saturated rings. The number of ether oxygens (including phenoxy) is 1. The van der Waals surface area contributed by atoms with E-state index in [1.54, 1.807) is 0 Å². The maximum absolute atomic E-state index is 11.4. The normalized spacial score (nSPS) is 28.8. The van der Waals surface area contributed by atoms with Gasteiger partial charge < -0.3 is 20.3 Å². The van der Waals surface area contributed by atoms with E-state index in [4.69, 9.17) is 14.9 Å². The maximum Gasteiger partial charge on any atom is 0.249 e. The summed E-state index contributed by atoms with van der Waals surface area (Å²) in [4.78, 5) is 11.4. The van der Waals surface area contributed by atoms with Crippen molar-refractivity contribution >= 4 is 5.91 Å². The first-order valence-electron chi connectivity index (χ1n) is 4.85. The van der Waals surface area contributed by atoms with Crippen LogP contribution in [0.1, 0.15) is 19.8 Å². The van der Waals surface area contributed by atoms with E-state index >= 15 is 0 Å². The minimum Gasteiger partial charge on any atom is -0.394 e. The van der Waals surface area contributed by atoms with E-state index in [2.05, 4.69) is 5.32 Å². The molecule has 1 heterocycles. The van der Waals surface area contributed by atoms with Gasteiger partial charge in [-0.3, -0.25) is 4.79 Å². The summed E-state index contributed by atoms with van der Waals surface area (Å²) < 4.78 is 5.33. The quantitative estimate of drug-likeness (QED) is 0.549. The van der Waals surface area contributed by atoms with Gasteiger partial charge in [0.25, 0.3) is 0 Å². The second-order valence-electron chi connectivity index (χ2n) is 3.59. The minimum atomic E-state index is -0.891. The van der Waals surface area contributed by atoms with Crippen molar-refractivity contribution in [2.45, 2.75) is 38.1 Å². The van der Waals surface area contributed by atoms with Gasteiger partial charge in [-0.05, 0) is 19.8 Å². The maximum atomic E-state index is 11.4. The zero-order valence-corrected chi connectivity index (χ0v) is 8.27. The molecule has 14 heavy (non-hydrogen) atoms. The number of hydrogen-bond donors (Lipinski definition) is 3. The Morgan fingerprint density at radius 3 is 2.86 bits per heavy atom. The third kappa shape index (κ3) is 3.25. The van der Waals surface area contributed by atoms with E-state index in [9.17, 15) is 4.79 Å². The minimum absolute atomic E-state index is 0.0730. The van der Waals surface area contributed by atoms with Gasteiger partial charge in [-0.1, -0.05) is 0 Å². The number of rotatable bonds is 4. The lowest BCUT2D eigenvalue weighted by atomic mass is 10.2. The number of aliphatic hydroxyl groups is 2. The zero-order chi connectivity index (χ0) is 10.6. The first-order chi connectivity index (χ1) is 6.63. The van der Waals surface area contributed by atoms with Gasteiger partial charge in [-0.25, -0.2) is 0 Å². The van der Waals surface area contributed by atoms with Gasteiger partial charge in [0.15, 0.2) is 0 Å². The summed E-state index contributed by atoms with van der Waals surface area (Å²) in [5.41, 5.74) is 0. The molecule has 0 radical (unpaired) electrons. The predicted octanol–water partition coefficient (Wildman–Crippen LogP) is -0.977. The fourth-order valence-electron chi connectivity index (χ4n) is 1.39. The van der Waals surface area contributed by atoms with Crippen LogP contribution in [0, 0.1) is 0 Å². The van der Waals surface area contributed by atoms with Crippen LogP contribution in [0.15, 0.2) is 0 Å². The van der Waals surface area contributed by atoms with Crippen LogP contribution in [0.2, 0.25) is 0 Å². The van der Waals surface area contributed by atoms with E-state index in [1.165, 1.54) is 0 Å². The Morgan fingerprint density at radius 2 is 2.36 bits per heavy atom. The van der Waals surface area contributed by atoms with Crippen LogP contribution in [0.3, 0.4) is 0 Å². The van der Waals surface area contributed by atoms with Crippen molar-refractivity contribution in [1.29, 1.82) is 0 Å². The Morgan fingerprint density at radius 1 is 1.64 bits per heavy atom. The molecule has 3 N–H and O–H groups in total. The molecule has 0 aromatic heterocycles. The van der Waals surface area contributed by atoms with Gasteiger partial charge in [0.1, 0.15) is 6.10 Å². The van der Waals surface area contributed by atoms with Crippen LogP contribution in [0.25, 0.3) is 0 Å². The highest BCUT2D eigenvalue weighted by atomic mass is 16.5. The molecule has 0 bridgehead atoms. The lowest BCUT2D eigenvalue weighted by molar-refractivity contribution is -0.132. The number of aliphatic hydroxyl groups excluding tert-OH is 2. The molecule has 0 aliphatic carbocycles. The Hall–Kier alpha value is -0.650. The van der Waals surface area contributed by atoms with Gasteiger partial charge in [0.05, 0.1) is 18.8 Å².